The summed E-state index contributed by atoms with van der Waals surface area (Å²) >= 11 is 0. The van der Waals surface area contributed by atoms with E-state index in [0.29, 0.717) is 12.1 Å². The van der Waals surface area contributed by atoms with Crippen molar-refractivity contribution in [2.24, 2.45) is 5.92 Å². The van der Waals surface area contributed by atoms with E-state index >= 15 is 0 Å². The topological polar surface area (TPSA) is 74.8 Å². The Morgan fingerprint density at radius 1 is 1.12 bits per heavy atom. The van der Waals surface area contributed by atoms with Crippen LogP contribution in [0, 0.1) is 17.2 Å². The Hall–Kier alpha value is -3.46. The van der Waals surface area contributed by atoms with Gasteiger partial charge in [-0.1, -0.05) is 31.0 Å². The van der Waals surface area contributed by atoms with Crippen LogP contribution in [0.5, 0.6) is 0 Å². The van der Waals surface area contributed by atoms with Gasteiger partial charge in [-0.2, -0.15) is 10.4 Å². The van der Waals surface area contributed by atoms with Gasteiger partial charge in [0.1, 0.15) is 5.54 Å². The molecule has 0 atom stereocenters. The Balaban J connectivity index is 1.32. The normalized spacial score (nSPS) is 19.2. The molecule has 6 nitrogen and oxygen atoms in total. The molecule has 32 heavy (non-hydrogen) atoms. The van der Waals surface area contributed by atoms with Gasteiger partial charge in [-0.3, -0.25) is 14.5 Å². The second-order valence-electron chi connectivity index (χ2n) is 9.41. The van der Waals surface area contributed by atoms with Gasteiger partial charge in [0.15, 0.2) is 0 Å². The molecule has 3 aromatic rings. The summed E-state index contributed by atoms with van der Waals surface area (Å²) in [5, 5.41) is 14.2. The fraction of sp³-hybridized carbons (Fsp3) is 0.385. The van der Waals surface area contributed by atoms with Crippen LogP contribution >= 0.6 is 0 Å². The highest BCUT2D eigenvalue weighted by atomic mass is 16.2. The molecule has 160 valence electrons. The van der Waals surface area contributed by atoms with Crippen LogP contribution in [0.4, 0.5) is 0 Å². The lowest BCUT2D eigenvalue weighted by Crippen LogP contribution is -2.36. The molecule has 0 unspecified atom stereocenters. The lowest BCUT2D eigenvalue weighted by Gasteiger charge is -2.20. The van der Waals surface area contributed by atoms with Gasteiger partial charge in [0.25, 0.3) is 5.91 Å². The molecule has 0 saturated heterocycles. The van der Waals surface area contributed by atoms with Crippen molar-refractivity contribution in [3.8, 4) is 28.5 Å². The van der Waals surface area contributed by atoms with Gasteiger partial charge in [0, 0.05) is 47.7 Å². The van der Waals surface area contributed by atoms with E-state index in [1.165, 1.54) is 25.7 Å². The van der Waals surface area contributed by atoms with Crippen LogP contribution in [0.15, 0.2) is 48.9 Å². The first-order chi connectivity index (χ1) is 15.7. The minimum absolute atomic E-state index is 0.0391. The monoisotopic (exact) mass is 423 g/mol. The number of aromatic nitrogens is 3. The maximum atomic E-state index is 13.1. The largest absolute Gasteiger partial charge is 0.316 e. The van der Waals surface area contributed by atoms with Crippen LogP contribution < -0.4 is 0 Å². The predicted octanol–water partition coefficient (Wildman–Crippen LogP) is 4.81. The number of pyridine rings is 1. The van der Waals surface area contributed by atoms with Gasteiger partial charge >= 0.3 is 0 Å². The van der Waals surface area contributed by atoms with Crippen molar-refractivity contribution in [1.82, 2.24) is 19.7 Å². The molecule has 6 rings (SSSR count). The number of fused-ring (bicyclic) bond motifs is 1. The third-order valence-electron chi connectivity index (χ3n) is 7.31. The fourth-order valence-electron chi connectivity index (χ4n) is 5.28. The SMILES string of the molecule is N#CC1(N2Cc3ccc(-c4ncccc4-c4cnn(CC5CCCC5)c4)cc3C2=O)CC1. The first-order valence-corrected chi connectivity index (χ1v) is 11.5. The van der Waals surface area contributed by atoms with E-state index < -0.39 is 5.54 Å². The Labute approximate surface area is 187 Å². The van der Waals surface area contributed by atoms with E-state index in [1.54, 1.807) is 11.1 Å². The first kappa shape index (κ1) is 19.2. The predicted molar refractivity (Wildman–Crippen MR) is 120 cm³/mol. The van der Waals surface area contributed by atoms with Crippen molar-refractivity contribution in [3.63, 3.8) is 0 Å². The maximum absolute atomic E-state index is 13.1. The van der Waals surface area contributed by atoms with E-state index in [1.807, 2.05) is 30.5 Å². The zero-order chi connectivity index (χ0) is 21.7. The van der Waals surface area contributed by atoms with Gasteiger partial charge in [0.05, 0.1) is 18.0 Å². The molecule has 6 heteroatoms. The van der Waals surface area contributed by atoms with Crippen LogP contribution in [0.3, 0.4) is 0 Å². The number of benzene rings is 1. The van der Waals surface area contributed by atoms with Gasteiger partial charge < -0.3 is 4.90 Å². The molecule has 1 aromatic carbocycles. The molecule has 3 aliphatic rings. The average molecular weight is 424 g/mol. The molecular weight excluding hydrogens is 398 g/mol. The Bertz CT molecular complexity index is 1240. The second kappa shape index (κ2) is 7.30. The maximum Gasteiger partial charge on any atom is 0.255 e. The lowest BCUT2D eigenvalue weighted by molar-refractivity contribution is 0.0723. The third kappa shape index (κ3) is 3.12. The fourth-order valence-corrected chi connectivity index (χ4v) is 5.28. The van der Waals surface area contributed by atoms with Crippen LogP contribution in [0.1, 0.15) is 54.4 Å². The summed E-state index contributed by atoms with van der Waals surface area (Å²) in [4.78, 5) is 19.5. The van der Waals surface area contributed by atoms with E-state index in [-0.39, 0.29) is 5.91 Å². The zero-order valence-corrected chi connectivity index (χ0v) is 18.0. The van der Waals surface area contributed by atoms with E-state index in [2.05, 4.69) is 33.1 Å². The highest BCUT2D eigenvalue weighted by molar-refractivity contribution is 6.00. The Morgan fingerprint density at radius 2 is 1.97 bits per heavy atom. The highest BCUT2D eigenvalue weighted by Crippen LogP contribution is 2.45. The number of carbonyl (C=O) groups excluding carboxylic acids is 1. The number of nitriles is 1. The van der Waals surface area contributed by atoms with E-state index in [9.17, 15) is 10.1 Å². The van der Waals surface area contributed by atoms with Crippen LogP contribution in [0.2, 0.25) is 0 Å². The molecule has 2 fully saturated rings. The number of hydrogen-bond donors (Lipinski definition) is 0. The van der Waals surface area contributed by atoms with Gasteiger partial charge in [-0.25, -0.2) is 0 Å². The molecule has 2 aromatic heterocycles. The van der Waals surface area contributed by atoms with Crippen molar-refractivity contribution in [2.45, 2.75) is 57.2 Å². The molecular formula is C26H25N5O. The van der Waals surface area contributed by atoms with Crippen LogP contribution in [0.25, 0.3) is 22.4 Å². The van der Waals surface area contributed by atoms with Gasteiger partial charge in [-0.15, -0.1) is 0 Å². The Kier molecular flexibility index (Phi) is 4.39. The molecule has 3 heterocycles. The summed E-state index contributed by atoms with van der Waals surface area (Å²) in [6.45, 7) is 1.49. The van der Waals surface area contributed by atoms with Crippen molar-refractivity contribution >= 4 is 5.91 Å². The van der Waals surface area contributed by atoms with E-state index in [0.717, 1.165) is 53.3 Å². The number of rotatable bonds is 5. The molecule has 1 aliphatic heterocycles. The lowest BCUT2D eigenvalue weighted by atomic mass is 9.98. The summed E-state index contributed by atoms with van der Waals surface area (Å²) in [7, 11) is 0. The van der Waals surface area contributed by atoms with Crippen LogP contribution in [-0.4, -0.2) is 31.1 Å². The number of nitrogens with zero attached hydrogens (tertiary/aromatic N) is 5. The second-order valence-corrected chi connectivity index (χ2v) is 9.41. The van der Waals surface area contributed by atoms with Crippen molar-refractivity contribution in [3.05, 3.63) is 60.0 Å². The Morgan fingerprint density at radius 3 is 2.75 bits per heavy atom. The molecule has 1 amide bonds. The third-order valence-corrected chi connectivity index (χ3v) is 7.31. The van der Waals surface area contributed by atoms with Crippen molar-refractivity contribution in [1.29, 1.82) is 5.26 Å². The number of hydrogen-bond acceptors (Lipinski definition) is 4. The van der Waals surface area contributed by atoms with Crippen molar-refractivity contribution < 1.29 is 4.79 Å². The molecule has 0 spiro atoms. The smallest absolute Gasteiger partial charge is 0.255 e. The number of amides is 1. The summed E-state index contributed by atoms with van der Waals surface area (Å²) in [5.41, 5.74) is 4.91. The van der Waals surface area contributed by atoms with Gasteiger partial charge in [-0.05, 0) is 49.3 Å². The van der Waals surface area contributed by atoms with Crippen molar-refractivity contribution in [2.75, 3.05) is 0 Å². The minimum Gasteiger partial charge on any atom is -0.316 e. The van der Waals surface area contributed by atoms with Crippen LogP contribution in [-0.2, 0) is 13.1 Å². The zero-order valence-electron chi connectivity index (χ0n) is 18.0. The molecule has 2 saturated carbocycles. The number of carbonyl (C=O) groups is 1. The van der Waals surface area contributed by atoms with Gasteiger partial charge in [0.2, 0.25) is 0 Å². The molecule has 0 radical (unpaired) electrons. The first-order valence-electron chi connectivity index (χ1n) is 11.5. The average Bonchev–Trinajstić information content (AvgIpc) is 3.14. The highest BCUT2D eigenvalue weighted by Gasteiger charge is 2.53. The minimum atomic E-state index is -0.597. The molecule has 0 bridgehead atoms. The summed E-state index contributed by atoms with van der Waals surface area (Å²) in [6.07, 6.45) is 12.6. The summed E-state index contributed by atoms with van der Waals surface area (Å²) in [6, 6.07) is 12.3. The standard InChI is InChI=1S/C26H25N5O/c27-17-26(9-10-26)31-16-20-8-7-19(12-23(20)25(31)32)24-22(6-3-11-28-24)21-13-29-30(15-21)14-18-4-1-2-5-18/h3,6-8,11-13,15,18H,1-2,4-5,9-10,14,16H2. The molecule has 2 aliphatic carbocycles. The molecule has 0 N–H and O–H groups in total. The van der Waals surface area contributed by atoms with E-state index in [4.69, 9.17) is 0 Å². The summed E-state index contributed by atoms with van der Waals surface area (Å²) in [5.74, 6) is 0.688. The summed E-state index contributed by atoms with van der Waals surface area (Å²) < 4.78 is 2.06. The quantitative estimate of drug-likeness (QED) is 0.590.